The van der Waals surface area contributed by atoms with Crippen molar-refractivity contribution in [2.24, 2.45) is 0 Å². The summed E-state index contributed by atoms with van der Waals surface area (Å²) in [6, 6.07) is 11.1. The summed E-state index contributed by atoms with van der Waals surface area (Å²) in [4.78, 5) is 12.5. The van der Waals surface area contributed by atoms with Gasteiger partial charge in [-0.05, 0) is 43.7 Å². The fourth-order valence-corrected chi connectivity index (χ4v) is 3.12. The fourth-order valence-electron chi connectivity index (χ4n) is 2.67. The largest absolute Gasteiger partial charge is 0.319 e. The lowest BCUT2D eigenvalue weighted by Crippen LogP contribution is -2.14. The quantitative estimate of drug-likeness (QED) is 0.660. The van der Waals surface area contributed by atoms with Crippen LogP contribution in [0.3, 0.4) is 0 Å². The Balaban J connectivity index is 1.86. The molecule has 0 aliphatic rings. The SMILES string of the molecule is Cc1nn(Cc2ccc(F)cc2Cl)c(C)c1NC(=O)c1ccccc1Cl. The van der Waals surface area contributed by atoms with Crippen LogP contribution >= 0.6 is 23.2 Å². The fraction of sp³-hybridized carbons (Fsp3) is 0.158. The minimum absolute atomic E-state index is 0.304. The molecule has 1 aromatic heterocycles. The number of amides is 1. The predicted octanol–water partition coefficient (Wildman–Crippen LogP) is 5.25. The van der Waals surface area contributed by atoms with Crippen LogP contribution in [0.15, 0.2) is 42.5 Å². The van der Waals surface area contributed by atoms with Gasteiger partial charge in [0.25, 0.3) is 5.91 Å². The van der Waals surface area contributed by atoms with Crippen molar-refractivity contribution in [3.05, 3.63) is 80.8 Å². The number of aryl methyl sites for hydroxylation is 1. The summed E-state index contributed by atoms with van der Waals surface area (Å²) in [7, 11) is 0. The summed E-state index contributed by atoms with van der Waals surface area (Å²) in [5.41, 5.74) is 3.18. The molecule has 2 aromatic carbocycles. The van der Waals surface area contributed by atoms with Crippen molar-refractivity contribution >= 4 is 34.8 Å². The van der Waals surface area contributed by atoms with E-state index in [9.17, 15) is 9.18 Å². The van der Waals surface area contributed by atoms with E-state index in [1.54, 1.807) is 41.9 Å². The minimum Gasteiger partial charge on any atom is -0.319 e. The number of benzene rings is 2. The molecule has 0 radical (unpaired) electrons. The normalized spacial score (nSPS) is 10.8. The van der Waals surface area contributed by atoms with Crippen LogP contribution < -0.4 is 5.32 Å². The third-order valence-electron chi connectivity index (χ3n) is 4.07. The van der Waals surface area contributed by atoms with E-state index in [1.165, 1.54) is 12.1 Å². The van der Waals surface area contributed by atoms with Gasteiger partial charge in [0, 0.05) is 5.02 Å². The van der Waals surface area contributed by atoms with Crippen LogP contribution in [0.2, 0.25) is 10.0 Å². The van der Waals surface area contributed by atoms with Crippen LogP contribution in [0.5, 0.6) is 0 Å². The van der Waals surface area contributed by atoms with E-state index < -0.39 is 0 Å². The highest BCUT2D eigenvalue weighted by Gasteiger charge is 2.17. The van der Waals surface area contributed by atoms with Crippen molar-refractivity contribution in [1.29, 1.82) is 0 Å². The minimum atomic E-state index is -0.389. The smallest absolute Gasteiger partial charge is 0.257 e. The van der Waals surface area contributed by atoms with Crippen LogP contribution in [0, 0.1) is 19.7 Å². The molecular formula is C19H16Cl2FN3O. The summed E-state index contributed by atoms with van der Waals surface area (Å²) < 4.78 is 14.9. The van der Waals surface area contributed by atoms with Gasteiger partial charge in [-0.15, -0.1) is 0 Å². The topological polar surface area (TPSA) is 46.9 Å². The van der Waals surface area contributed by atoms with Gasteiger partial charge < -0.3 is 5.32 Å². The summed E-state index contributed by atoms with van der Waals surface area (Å²) in [5.74, 6) is -0.694. The van der Waals surface area contributed by atoms with Gasteiger partial charge in [0.2, 0.25) is 0 Å². The zero-order valence-electron chi connectivity index (χ0n) is 14.2. The molecule has 0 saturated carbocycles. The molecule has 0 spiro atoms. The van der Waals surface area contributed by atoms with Crippen molar-refractivity contribution < 1.29 is 9.18 Å². The van der Waals surface area contributed by atoms with Crippen molar-refractivity contribution in [2.75, 3.05) is 5.32 Å². The first-order chi connectivity index (χ1) is 12.4. The highest BCUT2D eigenvalue weighted by molar-refractivity contribution is 6.34. The maximum absolute atomic E-state index is 13.2. The van der Waals surface area contributed by atoms with Gasteiger partial charge in [0.05, 0.1) is 34.2 Å². The molecule has 1 amide bonds. The Kier molecular flexibility index (Phi) is 5.30. The highest BCUT2D eigenvalue weighted by atomic mass is 35.5. The van der Waals surface area contributed by atoms with Gasteiger partial charge in [-0.3, -0.25) is 9.48 Å². The summed E-state index contributed by atoms with van der Waals surface area (Å²) in [6.07, 6.45) is 0. The molecule has 1 N–H and O–H groups in total. The molecule has 0 unspecified atom stereocenters. The molecule has 0 saturated heterocycles. The molecule has 0 bridgehead atoms. The molecule has 1 heterocycles. The average Bonchev–Trinajstić information content (AvgIpc) is 2.85. The van der Waals surface area contributed by atoms with E-state index in [4.69, 9.17) is 23.2 Å². The Bertz CT molecular complexity index is 985. The lowest BCUT2D eigenvalue weighted by atomic mass is 10.2. The first kappa shape index (κ1) is 18.4. The molecule has 26 heavy (non-hydrogen) atoms. The van der Waals surface area contributed by atoms with Crippen molar-refractivity contribution in [3.63, 3.8) is 0 Å². The van der Waals surface area contributed by atoms with Gasteiger partial charge in [-0.1, -0.05) is 41.4 Å². The Labute approximate surface area is 160 Å². The molecule has 0 fully saturated rings. The number of carbonyl (C=O) groups is 1. The maximum Gasteiger partial charge on any atom is 0.257 e. The second-order valence-electron chi connectivity index (χ2n) is 5.87. The van der Waals surface area contributed by atoms with Gasteiger partial charge in [0.15, 0.2) is 0 Å². The van der Waals surface area contributed by atoms with Crippen molar-refractivity contribution in [2.45, 2.75) is 20.4 Å². The zero-order chi connectivity index (χ0) is 18.8. The number of rotatable bonds is 4. The molecule has 3 rings (SSSR count). The highest BCUT2D eigenvalue weighted by Crippen LogP contribution is 2.25. The monoisotopic (exact) mass is 391 g/mol. The number of nitrogens with one attached hydrogen (secondary N) is 1. The van der Waals surface area contributed by atoms with Crippen molar-refractivity contribution in [1.82, 2.24) is 9.78 Å². The standard InChI is InChI=1S/C19H16Cl2FN3O/c1-11-18(23-19(26)15-5-3-4-6-16(15)20)12(2)25(24-11)10-13-7-8-14(22)9-17(13)21/h3-9H,10H2,1-2H3,(H,23,26). The predicted molar refractivity (Wildman–Crippen MR) is 102 cm³/mol. The number of carbonyl (C=O) groups excluding carboxylic acids is 1. The van der Waals surface area contributed by atoms with Gasteiger partial charge in [-0.2, -0.15) is 5.10 Å². The third kappa shape index (κ3) is 3.74. The van der Waals surface area contributed by atoms with E-state index in [0.717, 1.165) is 11.3 Å². The lowest BCUT2D eigenvalue weighted by Gasteiger charge is -2.09. The van der Waals surface area contributed by atoms with Gasteiger partial charge in [0.1, 0.15) is 5.82 Å². The molecule has 0 aliphatic carbocycles. The molecular weight excluding hydrogens is 376 g/mol. The lowest BCUT2D eigenvalue weighted by molar-refractivity contribution is 0.102. The van der Waals surface area contributed by atoms with E-state index in [0.29, 0.717) is 33.5 Å². The number of hydrogen-bond acceptors (Lipinski definition) is 2. The maximum atomic E-state index is 13.2. The van der Waals surface area contributed by atoms with Gasteiger partial charge >= 0.3 is 0 Å². The Hall–Kier alpha value is -2.37. The van der Waals surface area contributed by atoms with Gasteiger partial charge in [-0.25, -0.2) is 4.39 Å². The summed E-state index contributed by atoms with van der Waals surface area (Å²) in [6.45, 7) is 4.02. The first-order valence-corrected chi connectivity index (χ1v) is 8.66. The van der Waals surface area contributed by atoms with E-state index in [2.05, 4.69) is 10.4 Å². The molecule has 3 aromatic rings. The van der Waals surface area contributed by atoms with Crippen molar-refractivity contribution in [3.8, 4) is 0 Å². The summed E-state index contributed by atoms with van der Waals surface area (Å²) in [5, 5.41) is 8.03. The van der Waals surface area contributed by atoms with Crippen LogP contribution in [-0.4, -0.2) is 15.7 Å². The van der Waals surface area contributed by atoms with E-state index in [1.807, 2.05) is 6.92 Å². The second-order valence-corrected chi connectivity index (χ2v) is 6.69. The first-order valence-electron chi connectivity index (χ1n) is 7.90. The Morgan fingerprint density at radius 3 is 2.58 bits per heavy atom. The molecule has 0 atom stereocenters. The van der Waals surface area contributed by atoms with E-state index in [-0.39, 0.29) is 11.7 Å². The molecule has 0 aliphatic heterocycles. The molecule has 134 valence electrons. The number of hydrogen-bond donors (Lipinski definition) is 1. The average molecular weight is 392 g/mol. The number of aromatic nitrogens is 2. The van der Waals surface area contributed by atoms with Crippen LogP contribution in [0.4, 0.5) is 10.1 Å². The number of anilines is 1. The van der Waals surface area contributed by atoms with Crippen LogP contribution in [-0.2, 0) is 6.54 Å². The zero-order valence-corrected chi connectivity index (χ0v) is 15.7. The number of nitrogens with zero attached hydrogens (tertiary/aromatic N) is 2. The van der Waals surface area contributed by atoms with Crippen LogP contribution in [0.1, 0.15) is 27.3 Å². The second kappa shape index (κ2) is 7.48. The Morgan fingerprint density at radius 1 is 1.15 bits per heavy atom. The molecule has 4 nitrogen and oxygen atoms in total. The number of halogens is 3. The van der Waals surface area contributed by atoms with E-state index >= 15 is 0 Å². The van der Waals surface area contributed by atoms with Crippen LogP contribution in [0.25, 0.3) is 0 Å². The Morgan fingerprint density at radius 2 is 1.88 bits per heavy atom. The molecule has 7 heteroatoms. The summed E-state index contributed by atoms with van der Waals surface area (Å²) >= 11 is 12.2. The third-order valence-corrected chi connectivity index (χ3v) is 4.76.